The first kappa shape index (κ1) is 82.8. The highest BCUT2D eigenvalue weighted by molar-refractivity contribution is 5.76. The van der Waals surface area contributed by atoms with E-state index in [-0.39, 0.29) is 18.9 Å². The van der Waals surface area contributed by atoms with Gasteiger partial charge in [0.25, 0.3) is 0 Å². The summed E-state index contributed by atoms with van der Waals surface area (Å²) in [7, 11) is 0. The van der Waals surface area contributed by atoms with Crippen LogP contribution in [0.4, 0.5) is 0 Å². The number of unbranched alkanes of at least 4 members (excludes halogenated alkanes) is 42. The van der Waals surface area contributed by atoms with E-state index in [4.69, 9.17) is 28.4 Å². The molecule has 3 fully saturated rings. The fraction of sp³-hybridized carbons (Fsp3) is 0.958. The quantitative estimate of drug-likeness (QED) is 0.0199. The zero-order valence-electron chi connectivity index (χ0n) is 56.4. The van der Waals surface area contributed by atoms with Crippen LogP contribution in [-0.4, -0.2) is 193 Å². The lowest BCUT2D eigenvalue weighted by atomic mass is 9.96. The number of allylic oxidation sites excluding steroid dienone is 1. The third kappa shape index (κ3) is 35.0. The van der Waals surface area contributed by atoms with Gasteiger partial charge < -0.3 is 89.9 Å². The zero-order valence-corrected chi connectivity index (χ0v) is 56.4. The van der Waals surface area contributed by atoms with Crippen molar-refractivity contribution in [1.29, 1.82) is 0 Å². The van der Waals surface area contributed by atoms with E-state index in [2.05, 4.69) is 19.2 Å². The van der Waals surface area contributed by atoms with Crippen molar-refractivity contribution in [2.24, 2.45) is 0 Å². The highest BCUT2D eigenvalue weighted by Gasteiger charge is 2.53. The SMILES string of the molecule is CCCCCCCCCCCCCCCCCCCC/C=C/C(O)C(COC1OC(CO)C(OC2OC(CO)C(OC3OC(CO)C(O)C(O)C3O)C(O)C2O)C(O)C1O)NC(=O)CCCCCCCCCCCCCCCCCCCCCCCCCCC. The molecule has 3 heterocycles. The van der Waals surface area contributed by atoms with Gasteiger partial charge in [0, 0.05) is 6.42 Å². The smallest absolute Gasteiger partial charge is 0.220 e. The second kappa shape index (κ2) is 53.6. The molecule has 19 heteroatoms. The molecule has 90 heavy (non-hydrogen) atoms. The molecule has 0 aromatic heterocycles. The van der Waals surface area contributed by atoms with Crippen LogP contribution in [0.25, 0.3) is 0 Å². The van der Waals surface area contributed by atoms with Crippen molar-refractivity contribution >= 4 is 5.91 Å². The van der Waals surface area contributed by atoms with Crippen LogP contribution in [0.5, 0.6) is 0 Å². The number of carbonyl (C=O) groups excluding carboxylic acids is 1. The second-order valence-electron chi connectivity index (χ2n) is 26.8. The summed E-state index contributed by atoms with van der Waals surface area (Å²) in [5.41, 5.74) is 0. The Morgan fingerprint density at radius 1 is 0.389 bits per heavy atom. The molecule has 3 saturated heterocycles. The van der Waals surface area contributed by atoms with E-state index in [0.717, 1.165) is 44.9 Å². The van der Waals surface area contributed by atoms with Crippen molar-refractivity contribution in [2.45, 2.75) is 407 Å². The zero-order chi connectivity index (χ0) is 65.4. The Balaban J connectivity index is 1.41. The van der Waals surface area contributed by atoms with Crippen molar-refractivity contribution in [2.75, 3.05) is 26.4 Å². The lowest BCUT2D eigenvalue weighted by Gasteiger charge is -2.48. The molecular weight excluding hydrogens is 1150 g/mol. The molecule has 0 radical (unpaired) electrons. The fourth-order valence-electron chi connectivity index (χ4n) is 12.8. The first-order chi connectivity index (χ1) is 43.8. The average molecular weight is 1290 g/mol. The molecule has 0 aliphatic carbocycles. The van der Waals surface area contributed by atoms with Crippen molar-refractivity contribution in [3.63, 3.8) is 0 Å². The number of nitrogens with one attached hydrogen (secondary N) is 1. The molecule has 3 aliphatic heterocycles. The predicted molar refractivity (Wildman–Crippen MR) is 351 cm³/mol. The maximum absolute atomic E-state index is 13.4. The third-order valence-electron chi connectivity index (χ3n) is 18.8. The number of aliphatic hydroxyl groups is 11. The van der Waals surface area contributed by atoms with Crippen molar-refractivity contribution in [3.05, 3.63) is 12.2 Å². The van der Waals surface area contributed by atoms with Gasteiger partial charge in [0.05, 0.1) is 38.6 Å². The topological polar surface area (TPSA) is 307 Å². The maximum atomic E-state index is 13.4. The van der Waals surface area contributed by atoms with Crippen LogP contribution in [0.1, 0.15) is 303 Å². The number of carbonyl (C=O) groups is 1. The van der Waals surface area contributed by atoms with Gasteiger partial charge in [-0.25, -0.2) is 0 Å². The molecule has 19 nitrogen and oxygen atoms in total. The molecule has 12 N–H and O–H groups in total. The summed E-state index contributed by atoms with van der Waals surface area (Å²) in [6.07, 6.45) is 33.3. The number of ether oxygens (including phenoxy) is 6. The van der Waals surface area contributed by atoms with E-state index in [1.165, 1.54) is 231 Å². The third-order valence-corrected chi connectivity index (χ3v) is 18.8. The van der Waals surface area contributed by atoms with Gasteiger partial charge in [-0.3, -0.25) is 4.79 Å². The molecule has 0 aromatic rings. The second-order valence-corrected chi connectivity index (χ2v) is 26.8. The molecule has 0 spiro atoms. The Bertz CT molecular complexity index is 1680. The van der Waals surface area contributed by atoms with E-state index < -0.39 is 124 Å². The Morgan fingerprint density at radius 2 is 0.689 bits per heavy atom. The van der Waals surface area contributed by atoms with E-state index in [1.54, 1.807) is 6.08 Å². The molecular formula is C71H135NO18. The first-order valence-electron chi connectivity index (χ1n) is 36.9. The molecule has 0 aromatic carbocycles. The minimum absolute atomic E-state index is 0.250. The van der Waals surface area contributed by atoms with Gasteiger partial charge >= 0.3 is 0 Å². The summed E-state index contributed by atoms with van der Waals surface area (Å²) in [4.78, 5) is 13.4. The molecule has 3 aliphatic rings. The largest absolute Gasteiger partial charge is 0.394 e. The van der Waals surface area contributed by atoms with Gasteiger partial charge in [-0.05, 0) is 19.3 Å². The highest BCUT2D eigenvalue weighted by Crippen LogP contribution is 2.33. The summed E-state index contributed by atoms with van der Waals surface area (Å²) in [6, 6.07) is -0.969. The number of hydrogen-bond donors (Lipinski definition) is 12. The Hall–Kier alpha value is -1.47. The van der Waals surface area contributed by atoms with E-state index in [1.807, 2.05) is 6.08 Å². The fourth-order valence-corrected chi connectivity index (χ4v) is 12.8. The van der Waals surface area contributed by atoms with E-state index in [0.29, 0.717) is 6.42 Å². The molecule has 532 valence electrons. The first-order valence-corrected chi connectivity index (χ1v) is 36.9. The van der Waals surface area contributed by atoms with Crippen molar-refractivity contribution in [1.82, 2.24) is 5.32 Å². The molecule has 0 bridgehead atoms. The number of rotatable bonds is 58. The van der Waals surface area contributed by atoms with E-state index in [9.17, 15) is 61.0 Å². The summed E-state index contributed by atoms with van der Waals surface area (Å²) in [5.74, 6) is -0.268. The van der Waals surface area contributed by atoms with Crippen LogP contribution in [-0.2, 0) is 33.2 Å². The monoisotopic (exact) mass is 1290 g/mol. The number of hydrogen-bond acceptors (Lipinski definition) is 18. The van der Waals surface area contributed by atoms with Crippen LogP contribution in [0, 0.1) is 0 Å². The van der Waals surface area contributed by atoms with Gasteiger partial charge in [0.2, 0.25) is 5.91 Å². The number of aliphatic hydroxyl groups excluding tert-OH is 11. The van der Waals surface area contributed by atoms with Crippen molar-refractivity contribution < 1.29 is 89.4 Å². The maximum Gasteiger partial charge on any atom is 0.220 e. The van der Waals surface area contributed by atoms with Gasteiger partial charge in [-0.1, -0.05) is 289 Å². The summed E-state index contributed by atoms with van der Waals surface area (Å²) >= 11 is 0. The van der Waals surface area contributed by atoms with Crippen molar-refractivity contribution in [3.8, 4) is 0 Å². The highest BCUT2D eigenvalue weighted by atomic mass is 16.8. The van der Waals surface area contributed by atoms with E-state index >= 15 is 0 Å². The molecule has 17 atom stereocenters. The molecule has 0 saturated carbocycles. The lowest BCUT2D eigenvalue weighted by molar-refractivity contribution is -0.379. The lowest BCUT2D eigenvalue weighted by Crippen LogP contribution is -2.66. The Morgan fingerprint density at radius 3 is 1.04 bits per heavy atom. The number of amides is 1. The molecule has 3 rings (SSSR count). The van der Waals surface area contributed by atoms with Gasteiger partial charge in [-0.2, -0.15) is 0 Å². The van der Waals surface area contributed by atoms with Crippen LogP contribution in [0.2, 0.25) is 0 Å². The minimum Gasteiger partial charge on any atom is -0.394 e. The van der Waals surface area contributed by atoms with Crippen LogP contribution in [0.3, 0.4) is 0 Å². The Kier molecular flexibility index (Phi) is 49.3. The standard InChI is InChI=1S/C71H135NO18/c1-3-5-7-9-11-13-15-17-19-21-23-25-26-27-28-29-31-33-35-37-39-41-43-45-47-49-59(77)72-54(55(76)48-46-44-42-40-38-36-34-32-30-24-22-20-18-16-14-12-10-8-6-4-2)53-85-69-65(83)62(80)67(57(51-74)87-69)90-71-66(84)63(81)68(58(52-75)88-71)89-70-64(82)61(79)60(78)56(50-73)86-70/h46,48,54-58,60-71,73-76,78-84H,3-45,47,49-53H2,1-2H3,(H,72,77)/b48-46+. The normalized spacial score (nSPS) is 28.0. The van der Waals surface area contributed by atoms with Gasteiger partial charge in [0.1, 0.15) is 73.2 Å². The van der Waals surface area contributed by atoms with Gasteiger partial charge in [0.15, 0.2) is 18.9 Å². The van der Waals surface area contributed by atoms with Crippen LogP contribution in [0.15, 0.2) is 12.2 Å². The van der Waals surface area contributed by atoms with Gasteiger partial charge in [-0.15, -0.1) is 0 Å². The Labute approximate surface area is 544 Å². The summed E-state index contributed by atoms with van der Waals surface area (Å²) < 4.78 is 34.4. The summed E-state index contributed by atoms with van der Waals surface area (Å²) in [5, 5.41) is 121. The molecule has 17 unspecified atom stereocenters. The minimum atomic E-state index is -1.98. The molecule has 1 amide bonds. The average Bonchev–Trinajstić information content (AvgIpc) is 1.02. The predicted octanol–water partition coefficient (Wildman–Crippen LogP) is 10.4. The van der Waals surface area contributed by atoms with Crippen LogP contribution >= 0.6 is 0 Å². The van der Waals surface area contributed by atoms with Crippen LogP contribution < -0.4 is 5.32 Å². The summed E-state index contributed by atoms with van der Waals surface area (Å²) in [6.45, 7) is 1.79.